The lowest BCUT2D eigenvalue weighted by molar-refractivity contribution is -0.137. The lowest BCUT2D eigenvalue weighted by atomic mass is 10.0. The van der Waals surface area contributed by atoms with Crippen molar-refractivity contribution in [2.75, 3.05) is 6.61 Å². The molecular formula is C20H20F3NO3. The average molecular weight is 379 g/mol. The first-order valence-corrected chi connectivity index (χ1v) is 8.29. The van der Waals surface area contributed by atoms with Crippen LogP contribution in [0.15, 0.2) is 42.5 Å². The van der Waals surface area contributed by atoms with Gasteiger partial charge in [0.05, 0.1) is 17.2 Å². The smallest absolute Gasteiger partial charge is 0.416 e. The number of ether oxygens (including phenoxy) is 1. The number of aryl methyl sites for hydroxylation is 2. The molecule has 0 spiro atoms. The molecule has 2 aromatic rings. The molecular weight excluding hydrogens is 359 g/mol. The van der Waals surface area contributed by atoms with E-state index in [1.165, 1.54) is 0 Å². The summed E-state index contributed by atoms with van der Waals surface area (Å²) in [6.45, 7) is 5.25. The third kappa shape index (κ3) is 5.57. The average Bonchev–Trinajstić information content (AvgIpc) is 2.61. The van der Waals surface area contributed by atoms with E-state index in [0.29, 0.717) is 0 Å². The monoisotopic (exact) mass is 379 g/mol. The van der Waals surface area contributed by atoms with Gasteiger partial charge in [0.25, 0.3) is 5.91 Å². The maximum atomic E-state index is 12.5. The summed E-state index contributed by atoms with van der Waals surface area (Å²) in [5, 5.41) is 2.71. The molecule has 0 aromatic heterocycles. The van der Waals surface area contributed by atoms with E-state index in [0.717, 1.165) is 41.0 Å². The minimum atomic E-state index is -4.48. The Balaban J connectivity index is 1.89. The van der Waals surface area contributed by atoms with Crippen LogP contribution in [-0.2, 0) is 15.7 Å². The Kier molecular flexibility index (Phi) is 6.25. The number of halogens is 3. The van der Waals surface area contributed by atoms with Crippen LogP contribution in [-0.4, -0.2) is 18.5 Å². The van der Waals surface area contributed by atoms with E-state index in [1.807, 2.05) is 32.0 Å². The SMILES string of the molecule is Cc1ccc([C@H](C)NC(=O)COC(=O)c2ccc(C(F)(F)F)cc2)cc1C. The maximum Gasteiger partial charge on any atom is 0.416 e. The molecule has 0 heterocycles. The van der Waals surface area contributed by atoms with Crippen LogP contribution in [0.3, 0.4) is 0 Å². The van der Waals surface area contributed by atoms with Crippen LogP contribution >= 0.6 is 0 Å². The molecule has 0 aliphatic heterocycles. The number of esters is 1. The number of carbonyl (C=O) groups is 2. The van der Waals surface area contributed by atoms with Crippen molar-refractivity contribution >= 4 is 11.9 Å². The normalized spacial score (nSPS) is 12.4. The van der Waals surface area contributed by atoms with Gasteiger partial charge in [-0.3, -0.25) is 4.79 Å². The highest BCUT2D eigenvalue weighted by molar-refractivity contribution is 5.91. The summed E-state index contributed by atoms with van der Waals surface area (Å²) in [4.78, 5) is 23.8. The molecule has 1 atom stereocenters. The Labute approximate surface area is 155 Å². The van der Waals surface area contributed by atoms with Gasteiger partial charge >= 0.3 is 12.1 Å². The van der Waals surface area contributed by atoms with E-state index in [-0.39, 0.29) is 11.6 Å². The number of alkyl halides is 3. The third-order valence-corrected chi connectivity index (χ3v) is 4.19. The number of hydrogen-bond donors (Lipinski definition) is 1. The number of rotatable bonds is 5. The van der Waals surface area contributed by atoms with E-state index >= 15 is 0 Å². The van der Waals surface area contributed by atoms with Crippen molar-refractivity contribution in [3.63, 3.8) is 0 Å². The van der Waals surface area contributed by atoms with Crippen LogP contribution in [0.2, 0.25) is 0 Å². The van der Waals surface area contributed by atoms with Gasteiger partial charge in [0, 0.05) is 0 Å². The lowest BCUT2D eigenvalue weighted by Crippen LogP contribution is -2.31. The minimum absolute atomic E-state index is 0.0574. The molecule has 0 saturated heterocycles. The van der Waals surface area contributed by atoms with Gasteiger partial charge in [-0.15, -0.1) is 0 Å². The number of carbonyl (C=O) groups excluding carboxylic acids is 2. The first-order chi connectivity index (χ1) is 12.6. The van der Waals surface area contributed by atoms with E-state index in [2.05, 4.69) is 5.32 Å². The molecule has 27 heavy (non-hydrogen) atoms. The molecule has 2 rings (SSSR count). The first-order valence-electron chi connectivity index (χ1n) is 8.29. The molecule has 1 N–H and O–H groups in total. The van der Waals surface area contributed by atoms with Crippen LogP contribution in [0.4, 0.5) is 13.2 Å². The topological polar surface area (TPSA) is 55.4 Å². The summed E-state index contributed by atoms with van der Waals surface area (Å²) in [5.74, 6) is -1.36. The summed E-state index contributed by atoms with van der Waals surface area (Å²) >= 11 is 0. The molecule has 7 heteroatoms. The predicted molar refractivity (Wildman–Crippen MR) is 94.2 cm³/mol. The molecule has 0 unspecified atom stereocenters. The lowest BCUT2D eigenvalue weighted by Gasteiger charge is -2.16. The molecule has 4 nitrogen and oxygen atoms in total. The molecule has 0 aliphatic rings. The molecule has 0 saturated carbocycles. The Bertz CT molecular complexity index is 829. The van der Waals surface area contributed by atoms with Crippen LogP contribution in [0.1, 0.15) is 45.6 Å². The van der Waals surface area contributed by atoms with Gasteiger partial charge in [-0.2, -0.15) is 13.2 Å². The van der Waals surface area contributed by atoms with Gasteiger partial charge < -0.3 is 10.1 Å². The molecule has 2 aromatic carbocycles. The van der Waals surface area contributed by atoms with Crippen molar-refractivity contribution in [2.24, 2.45) is 0 Å². The second kappa shape index (κ2) is 8.24. The fourth-order valence-corrected chi connectivity index (χ4v) is 2.41. The van der Waals surface area contributed by atoms with E-state index in [9.17, 15) is 22.8 Å². The molecule has 144 valence electrons. The van der Waals surface area contributed by atoms with E-state index < -0.39 is 30.2 Å². The van der Waals surface area contributed by atoms with Crippen molar-refractivity contribution < 1.29 is 27.5 Å². The maximum absolute atomic E-state index is 12.5. The number of benzene rings is 2. The van der Waals surface area contributed by atoms with Gasteiger partial charge in [0.2, 0.25) is 0 Å². The van der Waals surface area contributed by atoms with Crippen LogP contribution in [0, 0.1) is 13.8 Å². The summed E-state index contributed by atoms with van der Waals surface area (Å²) in [6, 6.07) is 9.16. The third-order valence-electron chi connectivity index (χ3n) is 4.19. The van der Waals surface area contributed by atoms with Crippen LogP contribution in [0.5, 0.6) is 0 Å². The quantitative estimate of drug-likeness (QED) is 0.786. The zero-order chi connectivity index (χ0) is 20.2. The Morgan fingerprint density at radius 3 is 2.22 bits per heavy atom. The van der Waals surface area contributed by atoms with Crippen molar-refractivity contribution in [3.05, 3.63) is 70.3 Å². The van der Waals surface area contributed by atoms with Crippen LogP contribution < -0.4 is 5.32 Å². The summed E-state index contributed by atoms with van der Waals surface area (Å²) in [7, 11) is 0. The van der Waals surface area contributed by atoms with Gasteiger partial charge in [0.15, 0.2) is 6.61 Å². The molecule has 0 bridgehead atoms. The molecule has 1 amide bonds. The standard InChI is InChI=1S/C20H20F3NO3/c1-12-4-5-16(10-13(12)2)14(3)24-18(25)11-27-19(26)15-6-8-17(9-7-15)20(21,22)23/h4-10,14H,11H2,1-3H3,(H,24,25)/t14-/m0/s1. The second-order valence-electron chi connectivity index (χ2n) is 6.28. The summed E-state index contributed by atoms with van der Waals surface area (Å²) < 4.78 is 42.4. The van der Waals surface area contributed by atoms with Gasteiger partial charge in [-0.25, -0.2) is 4.79 Å². The van der Waals surface area contributed by atoms with Crippen molar-refractivity contribution in [2.45, 2.75) is 33.0 Å². The van der Waals surface area contributed by atoms with Gasteiger partial charge in [-0.05, 0) is 61.7 Å². The van der Waals surface area contributed by atoms with Crippen LogP contribution in [0.25, 0.3) is 0 Å². The number of amides is 1. The van der Waals surface area contributed by atoms with Crippen molar-refractivity contribution in [1.82, 2.24) is 5.32 Å². The Morgan fingerprint density at radius 1 is 1.04 bits per heavy atom. The van der Waals surface area contributed by atoms with Crippen molar-refractivity contribution in [1.29, 1.82) is 0 Å². The predicted octanol–water partition coefficient (Wildman–Crippen LogP) is 4.36. The number of hydrogen-bond acceptors (Lipinski definition) is 3. The van der Waals surface area contributed by atoms with Gasteiger partial charge in [-0.1, -0.05) is 18.2 Å². The molecule has 0 fully saturated rings. The van der Waals surface area contributed by atoms with Crippen molar-refractivity contribution in [3.8, 4) is 0 Å². The molecule has 0 aliphatic carbocycles. The highest BCUT2D eigenvalue weighted by atomic mass is 19.4. The Hall–Kier alpha value is -2.83. The highest BCUT2D eigenvalue weighted by Crippen LogP contribution is 2.29. The fraction of sp³-hybridized carbons (Fsp3) is 0.300. The summed E-state index contributed by atoms with van der Waals surface area (Å²) in [6.07, 6.45) is -4.48. The Morgan fingerprint density at radius 2 is 1.67 bits per heavy atom. The second-order valence-corrected chi connectivity index (χ2v) is 6.28. The number of nitrogens with one attached hydrogen (secondary N) is 1. The van der Waals surface area contributed by atoms with E-state index in [1.54, 1.807) is 6.92 Å². The minimum Gasteiger partial charge on any atom is -0.452 e. The van der Waals surface area contributed by atoms with E-state index in [4.69, 9.17) is 4.74 Å². The zero-order valence-electron chi connectivity index (χ0n) is 15.2. The molecule has 0 radical (unpaired) electrons. The fourth-order valence-electron chi connectivity index (χ4n) is 2.41. The zero-order valence-corrected chi connectivity index (χ0v) is 15.2. The highest BCUT2D eigenvalue weighted by Gasteiger charge is 2.30. The largest absolute Gasteiger partial charge is 0.452 e. The summed E-state index contributed by atoms with van der Waals surface area (Å²) in [5.41, 5.74) is 2.24. The first kappa shape index (κ1) is 20.5. The van der Waals surface area contributed by atoms with Gasteiger partial charge in [0.1, 0.15) is 0 Å².